The Hall–Kier alpha value is -1.70. The van der Waals surface area contributed by atoms with Gasteiger partial charge >= 0.3 is 243 Å². The van der Waals surface area contributed by atoms with E-state index >= 15 is 0 Å². The van der Waals surface area contributed by atoms with E-state index in [-0.39, 0.29) is 3.63 Å². The van der Waals surface area contributed by atoms with Gasteiger partial charge in [0.05, 0.1) is 0 Å². The van der Waals surface area contributed by atoms with E-state index in [0.29, 0.717) is 5.92 Å². The van der Waals surface area contributed by atoms with Crippen LogP contribution in [-0.2, 0) is 17.9 Å². The van der Waals surface area contributed by atoms with Gasteiger partial charge in [0.25, 0.3) is 0 Å². The maximum atomic E-state index is 7.83. The van der Waals surface area contributed by atoms with Crippen molar-refractivity contribution in [3.8, 4) is 22.3 Å². The van der Waals surface area contributed by atoms with Crippen LogP contribution in [0.3, 0.4) is 0 Å². The van der Waals surface area contributed by atoms with E-state index in [4.69, 9.17) is 17.0 Å². The van der Waals surface area contributed by atoms with Crippen LogP contribution in [-0.4, -0.2) is 9.52 Å². The number of halogens is 2. The molecular weight excluding hydrogens is 599 g/mol. The molecule has 0 saturated carbocycles. The first-order valence-corrected chi connectivity index (χ1v) is 24.2. The SMILES string of the molecule is CCCC1=Cc2c(ccc(C)c2-c2ccccc2C(C)C)[CH]1[Zr]([Cl])([Cl])[c]1cccc2c1[SiH2]c1ccccc1-2. The van der Waals surface area contributed by atoms with Crippen molar-refractivity contribution in [3.63, 3.8) is 0 Å². The van der Waals surface area contributed by atoms with E-state index in [1.165, 1.54) is 63.7 Å². The summed E-state index contributed by atoms with van der Waals surface area (Å²) in [5.74, 6) is 0.454. The van der Waals surface area contributed by atoms with Crippen molar-refractivity contribution in [2.75, 3.05) is 0 Å². The second-order valence-corrected chi connectivity index (χ2v) is 27.0. The zero-order chi connectivity index (χ0) is 26.6. The van der Waals surface area contributed by atoms with Crippen LogP contribution in [0.5, 0.6) is 0 Å². The molecule has 0 bridgehead atoms. The van der Waals surface area contributed by atoms with Crippen molar-refractivity contribution >= 4 is 46.3 Å². The van der Waals surface area contributed by atoms with Crippen LogP contribution in [0.15, 0.2) is 84.4 Å². The molecule has 0 saturated heterocycles. The number of hydrogen-bond acceptors (Lipinski definition) is 0. The molecule has 0 amide bonds. The minimum atomic E-state index is -3.94. The molecule has 1 aliphatic carbocycles. The molecule has 0 radical (unpaired) electrons. The van der Waals surface area contributed by atoms with Gasteiger partial charge in [0, 0.05) is 0 Å². The molecule has 38 heavy (non-hydrogen) atoms. The molecule has 0 aromatic heterocycles. The van der Waals surface area contributed by atoms with Gasteiger partial charge in [0.2, 0.25) is 0 Å². The second-order valence-electron chi connectivity index (χ2n) is 11.2. The quantitative estimate of drug-likeness (QED) is 0.167. The Balaban J connectivity index is 1.54. The fraction of sp³-hybridized carbons (Fsp3) is 0.235. The molecule has 192 valence electrons. The molecular formula is C34H34Cl2SiZr. The first-order chi connectivity index (χ1) is 18.3. The Morgan fingerprint density at radius 2 is 1.55 bits per heavy atom. The Labute approximate surface area is 241 Å². The Bertz CT molecular complexity index is 1580. The van der Waals surface area contributed by atoms with Crippen LogP contribution in [0.2, 0.25) is 0 Å². The molecule has 1 unspecified atom stereocenters. The molecule has 0 nitrogen and oxygen atoms in total. The predicted molar refractivity (Wildman–Crippen MR) is 167 cm³/mol. The Kier molecular flexibility index (Phi) is 7.23. The number of aryl methyl sites for hydroxylation is 1. The van der Waals surface area contributed by atoms with Crippen molar-refractivity contribution in [2.24, 2.45) is 0 Å². The third-order valence-electron chi connectivity index (χ3n) is 8.46. The molecule has 0 fully saturated rings. The standard InChI is InChI=1S/C22H25.C12H9Si.2ClH.Zr/c1-5-8-17-13-18-12-11-16(4)22(21(18)14-17)20-10-7-6-9-19(20)15(2)3;1-3-7-11-9(5-1)10-6-2-4-8-12(10)13-11;;;/h6-7,9-15H,5,8H2,1-4H3;1-7H,13H2;2*1H;/q;;;;+2/p-2. The van der Waals surface area contributed by atoms with Gasteiger partial charge in [-0.15, -0.1) is 0 Å². The fourth-order valence-electron chi connectivity index (χ4n) is 6.76. The van der Waals surface area contributed by atoms with Crippen LogP contribution in [0, 0.1) is 6.92 Å². The van der Waals surface area contributed by atoms with Gasteiger partial charge in [-0.3, -0.25) is 0 Å². The maximum absolute atomic E-state index is 7.83. The van der Waals surface area contributed by atoms with Crippen LogP contribution in [0.4, 0.5) is 0 Å². The van der Waals surface area contributed by atoms with E-state index in [2.05, 4.69) is 113 Å². The monoisotopic (exact) mass is 630 g/mol. The molecule has 4 aromatic rings. The van der Waals surface area contributed by atoms with Gasteiger partial charge in [-0.1, -0.05) is 0 Å². The zero-order valence-electron chi connectivity index (χ0n) is 22.6. The number of rotatable bonds is 6. The van der Waals surface area contributed by atoms with E-state index < -0.39 is 27.4 Å². The topological polar surface area (TPSA) is 0 Å². The van der Waals surface area contributed by atoms with E-state index in [1.807, 2.05) is 0 Å². The van der Waals surface area contributed by atoms with Crippen molar-refractivity contribution in [1.82, 2.24) is 0 Å². The summed E-state index contributed by atoms with van der Waals surface area (Å²) in [5.41, 5.74) is 12.3. The fourth-order valence-corrected chi connectivity index (χ4v) is 23.6. The van der Waals surface area contributed by atoms with Crippen LogP contribution >= 0.6 is 17.0 Å². The molecule has 1 heterocycles. The molecule has 1 atom stereocenters. The van der Waals surface area contributed by atoms with Crippen LogP contribution in [0.1, 0.15) is 65.4 Å². The molecule has 0 spiro atoms. The molecule has 2 aliphatic rings. The molecule has 1 aliphatic heterocycles. The number of benzene rings is 4. The van der Waals surface area contributed by atoms with Gasteiger partial charge < -0.3 is 0 Å². The summed E-state index contributed by atoms with van der Waals surface area (Å²) in [6, 6.07) is 29.2. The number of fused-ring (bicyclic) bond motifs is 4. The van der Waals surface area contributed by atoms with Gasteiger partial charge in [-0.2, -0.15) is 0 Å². The van der Waals surface area contributed by atoms with Gasteiger partial charge in [-0.05, 0) is 0 Å². The summed E-state index contributed by atoms with van der Waals surface area (Å²) in [4.78, 5) is 0. The summed E-state index contributed by atoms with van der Waals surface area (Å²) in [5, 5.41) is 3.01. The summed E-state index contributed by atoms with van der Waals surface area (Å²) in [6.07, 6.45) is 4.60. The van der Waals surface area contributed by atoms with Gasteiger partial charge in [0.1, 0.15) is 0 Å². The average molecular weight is 633 g/mol. The van der Waals surface area contributed by atoms with E-state index in [9.17, 15) is 0 Å². The van der Waals surface area contributed by atoms with Crippen LogP contribution in [0.25, 0.3) is 28.3 Å². The van der Waals surface area contributed by atoms with Crippen molar-refractivity contribution in [2.45, 2.75) is 50.1 Å². The Morgan fingerprint density at radius 1 is 0.842 bits per heavy atom. The van der Waals surface area contributed by atoms with Gasteiger partial charge in [-0.25, -0.2) is 0 Å². The summed E-state index contributed by atoms with van der Waals surface area (Å²) in [7, 11) is 15.1. The summed E-state index contributed by atoms with van der Waals surface area (Å²) < 4.78 is 1.45. The van der Waals surface area contributed by atoms with Crippen molar-refractivity contribution in [3.05, 3.63) is 107 Å². The molecule has 0 N–H and O–H groups in total. The number of allylic oxidation sites excluding steroid dienone is 1. The zero-order valence-corrected chi connectivity index (χ0v) is 28.0. The second kappa shape index (κ2) is 10.4. The first-order valence-electron chi connectivity index (χ1n) is 13.8. The van der Waals surface area contributed by atoms with Crippen molar-refractivity contribution in [1.29, 1.82) is 0 Å². The molecule has 4 heteroatoms. The third kappa shape index (κ3) is 4.28. The first kappa shape index (κ1) is 26.5. The minimum absolute atomic E-state index is 0.136. The molecule has 6 rings (SSSR count). The van der Waals surface area contributed by atoms with Crippen molar-refractivity contribution < 1.29 is 17.9 Å². The Morgan fingerprint density at radius 3 is 2.32 bits per heavy atom. The average Bonchev–Trinajstić information content (AvgIpc) is 3.47. The summed E-state index contributed by atoms with van der Waals surface area (Å²) >= 11 is -3.94. The van der Waals surface area contributed by atoms with E-state index in [1.54, 1.807) is 0 Å². The number of hydrogen-bond donors (Lipinski definition) is 0. The summed E-state index contributed by atoms with van der Waals surface area (Å²) in [6.45, 7) is 9.09. The van der Waals surface area contributed by atoms with Gasteiger partial charge in [0.15, 0.2) is 0 Å². The molecule has 4 aromatic carbocycles. The van der Waals surface area contributed by atoms with Crippen LogP contribution < -0.4 is 13.6 Å². The normalized spacial score (nSPS) is 16.5. The predicted octanol–water partition coefficient (Wildman–Crippen LogP) is 7.91. The third-order valence-corrected chi connectivity index (χ3v) is 22.8. The van der Waals surface area contributed by atoms with E-state index in [0.717, 1.165) is 12.8 Å².